The SMILES string of the molecule is Cc1oc2cc3oc(=S)cc(C)c3cc2c1C. The van der Waals surface area contributed by atoms with Crippen molar-refractivity contribution in [2.75, 3.05) is 0 Å². The molecule has 3 heteroatoms. The van der Waals surface area contributed by atoms with Crippen LogP contribution in [0.2, 0.25) is 0 Å². The lowest BCUT2D eigenvalue weighted by molar-refractivity contribution is 0.568. The van der Waals surface area contributed by atoms with Crippen molar-refractivity contribution < 1.29 is 8.83 Å². The minimum absolute atomic E-state index is 0.509. The summed E-state index contributed by atoms with van der Waals surface area (Å²) in [5, 5.41) is 2.24. The van der Waals surface area contributed by atoms with Gasteiger partial charge in [-0.25, -0.2) is 0 Å². The van der Waals surface area contributed by atoms with Crippen LogP contribution in [0.1, 0.15) is 16.9 Å². The molecule has 0 fully saturated rings. The molecule has 0 amide bonds. The Bertz CT molecular complexity index is 793. The molecule has 86 valence electrons. The molecule has 0 saturated heterocycles. The highest BCUT2D eigenvalue weighted by Gasteiger charge is 2.10. The third kappa shape index (κ3) is 1.50. The van der Waals surface area contributed by atoms with Crippen LogP contribution in [0.5, 0.6) is 0 Å². The zero-order valence-electron chi connectivity index (χ0n) is 9.96. The molecule has 0 aliphatic carbocycles. The summed E-state index contributed by atoms with van der Waals surface area (Å²) >= 11 is 5.08. The number of hydrogen-bond acceptors (Lipinski definition) is 3. The Morgan fingerprint density at radius 3 is 2.35 bits per heavy atom. The molecule has 1 aromatic carbocycles. The van der Waals surface area contributed by atoms with E-state index in [1.54, 1.807) is 0 Å². The topological polar surface area (TPSA) is 26.3 Å². The number of fused-ring (bicyclic) bond motifs is 2. The highest BCUT2D eigenvalue weighted by molar-refractivity contribution is 7.71. The zero-order valence-corrected chi connectivity index (χ0v) is 10.8. The zero-order chi connectivity index (χ0) is 12.2. The van der Waals surface area contributed by atoms with Gasteiger partial charge in [-0.15, -0.1) is 0 Å². The largest absolute Gasteiger partial charge is 0.461 e. The normalized spacial score (nSPS) is 11.5. The molecule has 3 aromatic rings. The number of rotatable bonds is 0. The molecule has 3 rings (SSSR count). The van der Waals surface area contributed by atoms with Crippen LogP contribution < -0.4 is 0 Å². The summed E-state index contributed by atoms with van der Waals surface area (Å²) in [5.74, 6) is 0.951. The molecule has 2 nitrogen and oxygen atoms in total. The van der Waals surface area contributed by atoms with Crippen LogP contribution in [-0.4, -0.2) is 0 Å². The maximum Gasteiger partial charge on any atom is 0.191 e. The van der Waals surface area contributed by atoms with Crippen molar-refractivity contribution >= 4 is 34.2 Å². The highest BCUT2D eigenvalue weighted by atomic mass is 32.1. The fourth-order valence-corrected chi connectivity index (χ4v) is 2.42. The number of aryl methyl sites for hydroxylation is 3. The van der Waals surface area contributed by atoms with Gasteiger partial charge in [-0.3, -0.25) is 0 Å². The predicted octanol–water partition coefficient (Wildman–Crippen LogP) is 4.83. The first-order valence-corrected chi connectivity index (χ1v) is 5.91. The van der Waals surface area contributed by atoms with Crippen LogP contribution in [0, 0.1) is 25.5 Å². The molecular weight excluding hydrogens is 232 g/mol. The molecule has 2 aromatic heterocycles. The average Bonchev–Trinajstić information content (AvgIpc) is 2.52. The summed E-state index contributed by atoms with van der Waals surface area (Å²) in [6.45, 7) is 6.09. The first-order valence-electron chi connectivity index (χ1n) is 5.50. The lowest BCUT2D eigenvalue weighted by Crippen LogP contribution is -1.80. The average molecular weight is 244 g/mol. The second kappa shape index (κ2) is 3.44. The fourth-order valence-electron chi connectivity index (χ4n) is 2.15. The quantitative estimate of drug-likeness (QED) is 0.529. The molecule has 0 aliphatic rings. The van der Waals surface area contributed by atoms with Crippen molar-refractivity contribution in [3.8, 4) is 0 Å². The van der Waals surface area contributed by atoms with Gasteiger partial charge < -0.3 is 8.83 Å². The van der Waals surface area contributed by atoms with Crippen molar-refractivity contribution in [3.05, 3.63) is 39.8 Å². The van der Waals surface area contributed by atoms with Crippen LogP contribution >= 0.6 is 12.2 Å². The Hall–Kier alpha value is -1.61. The van der Waals surface area contributed by atoms with E-state index in [2.05, 4.69) is 13.0 Å². The summed E-state index contributed by atoms with van der Waals surface area (Å²) in [6.07, 6.45) is 0. The smallest absolute Gasteiger partial charge is 0.191 e. The van der Waals surface area contributed by atoms with E-state index in [1.807, 2.05) is 26.0 Å². The Morgan fingerprint density at radius 1 is 0.882 bits per heavy atom. The van der Waals surface area contributed by atoms with Gasteiger partial charge in [0.25, 0.3) is 0 Å². The molecule has 0 spiro atoms. The molecular formula is C14H12O2S. The van der Waals surface area contributed by atoms with E-state index in [4.69, 9.17) is 21.1 Å². The van der Waals surface area contributed by atoms with Crippen molar-refractivity contribution in [2.45, 2.75) is 20.8 Å². The molecule has 0 bridgehead atoms. The van der Waals surface area contributed by atoms with Crippen molar-refractivity contribution in [2.24, 2.45) is 0 Å². The van der Waals surface area contributed by atoms with Crippen LogP contribution in [0.25, 0.3) is 21.9 Å². The molecule has 0 radical (unpaired) electrons. The van der Waals surface area contributed by atoms with Crippen molar-refractivity contribution in [1.29, 1.82) is 0 Å². The van der Waals surface area contributed by atoms with Gasteiger partial charge in [-0.05, 0) is 56.2 Å². The maximum atomic E-state index is 5.69. The van der Waals surface area contributed by atoms with Gasteiger partial charge in [0.15, 0.2) is 4.71 Å². The number of hydrogen-bond donors (Lipinski definition) is 0. The first kappa shape index (κ1) is 10.5. The third-order valence-corrected chi connectivity index (χ3v) is 3.45. The van der Waals surface area contributed by atoms with Crippen LogP contribution in [0.15, 0.2) is 27.0 Å². The summed E-state index contributed by atoms with van der Waals surface area (Å²) in [4.78, 5) is 0. The molecule has 0 unspecified atom stereocenters. The second-order valence-electron chi connectivity index (χ2n) is 4.38. The van der Waals surface area contributed by atoms with E-state index < -0.39 is 0 Å². The number of benzene rings is 1. The molecule has 17 heavy (non-hydrogen) atoms. The predicted molar refractivity (Wildman–Crippen MR) is 71.0 cm³/mol. The fraction of sp³-hybridized carbons (Fsp3) is 0.214. The van der Waals surface area contributed by atoms with E-state index in [0.29, 0.717) is 4.71 Å². The Balaban J connectivity index is 2.56. The maximum absolute atomic E-state index is 5.69. The van der Waals surface area contributed by atoms with E-state index in [1.165, 1.54) is 5.56 Å². The monoisotopic (exact) mass is 244 g/mol. The summed E-state index contributed by atoms with van der Waals surface area (Å²) in [5.41, 5.74) is 3.97. The van der Waals surface area contributed by atoms with Gasteiger partial charge in [-0.2, -0.15) is 0 Å². The van der Waals surface area contributed by atoms with Crippen molar-refractivity contribution in [3.63, 3.8) is 0 Å². The molecule has 0 atom stereocenters. The summed E-state index contributed by atoms with van der Waals surface area (Å²) < 4.78 is 11.8. The van der Waals surface area contributed by atoms with Crippen LogP contribution in [0.4, 0.5) is 0 Å². The summed E-state index contributed by atoms with van der Waals surface area (Å²) in [6, 6.07) is 5.92. The van der Waals surface area contributed by atoms with Crippen molar-refractivity contribution in [1.82, 2.24) is 0 Å². The van der Waals surface area contributed by atoms with E-state index in [-0.39, 0.29) is 0 Å². The number of furan rings is 1. The molecule has 2 heterocycles. The minimum atomic E-state index is 0.509. The van der Waals surface area contributed by atoms with Gasteiger partial charge in [0, 0.05) is 16.8 Å². The van der Waals surface area contributed by atoms with Crippen LogP contribution in [-0.2, 0) is 0 Å². The molecule has 0 aliphatic heterocycles. The Labute approximate surface area is 104 Å². The van der Waals surface area contributed by atoms with Gasteiger partial charge in [0.2, 0.25) is 0 Å². The van der Waals surface area contributed by atoms with Gasteiger partial charge >= 0.3 is 0 Å². The molecule has 0 saturated carbocycles. The van der Waals surface area contributed by atoms with Gasteiger partial charge in [0.05, 0.1) is 0 Å². The first-order chi connectivity index (χ1) is 8.06. The van der Waals surface area contributed by atoms with Crippen LogP contribution in [0.3, 0.4) is 0 Å². The second-order valence-corrected chi connectivity index (χ2v) is 4.78. The standard InChI is InChI=1S/C14H12O2S/c1-7-4-14(17)16-12-6-13-11(5-10(7)12)8(2)9(3)15-13/h4-6H,1-3H3. The Kier molecular flexibility index (Phi) is 2.13. The highest BCUT2D eigenvalue weighted by Crippen LogP contribution is 2.30. The lowest BCUT2D eigenvalue weighted by Gasteiger charge is -2.01. The molecule has 0 N–H and O–H groups in total. The Morgan fingerprint density at radius 2 is 1.59 bits per heavy atom. The third-order valence-electron chi connectivity index (χ3n) is 3.25. The van der Waals surface area contributed by atoms with E-state index >= 15 is 0 Å². The lowest BCUT2D eigenvalue weighted by atomic mass is 10.1. The van der Waals surface area contributed by atoms with E-state index in [0.717, 1.165) is 33.3 Å². The van der Waals surface area contributed by atoms with Gasteiger partial charge in [-0.1, -0.05) is 0 Å². The summed E-state index contributed by atoms with van der Waals surface area (Å²) in [7, 11) is 0. The minimum Gasteiger partial charge on any atom is -0.461 e. The van der Waals surface area contributed by atoms with Gasteiger partial charge in [0.1, 0.15) is 16.9 Å². The van der Waals surface area contributed by atoms with E-state index in [9.17, 15) is 0 Å².